The fourth-order valence-electron chi connectivity index (χ4n) is 2.76. The van der Waals surface area contributed by atoms with Crippen molar-refractivity contribution >= 4 is 5.97 Å². The van der Waals surface area contributed by atoms with Crippen LogP contribution in [0.4, 0.5) is 0 Å². The first kappa shape index (κ1) is 14.1. The second-order valence-corrected chi connectivity index (χ2v) is 5.53. The topological polar surface area (TPSA) is 26.3 Å². The van der Waals surface area contributed by atoms with Crippen molar-refractivity contribution in [2.45, 2.75) is 58.0 Å². The van der Waals surface area contributed by atoms with Crippen LogP contribution in [0, 0.1) is 5.92 Å². The largest absolute Gasteiger partial charge is 0.462 e. The highest BCUT2D eigenvalue weighted by Gasteiger charge is 2.33. The number of cyclic esters (lactones) is 1. The molecule has 2 nitrogen and oxygen atoms in total. The molecule has 0 aromatic heterocycles. The van der Waals surface area contributed by atoms with Crippen molar-refractivity contribution in [2.75, 3.05) is 0 Å². The molecule has 1 heterocycles. The molecule has 1 aliphatic rings. The monoisotopic (exact) mass is 260 g/mol. The average molecular weight is 260 g/mol. The van der Waals surface area contributed by atoms with E-state index in [1.54, 1.807) is 0 Å². The van der Waals surface area contributed by atoms with Crippen LogP contribution < -0.4 is 0 Å². The molecule has 0 N–H and O–H groups in total. The second kappa shape index (κ2) is 7.32. The van der Waals surface area contributed by atoms with Gasteiger partial charge in [-0.3, -0.25) is 4.79 Å². The molecular formula is C17H24O2. The summed E-state index contributed by atoms with van der Waals surface area (Å²) in [5.74, 6) is 0.0721. The second-order valence-electron chi connectivity index (χ2n) is 5.53. The summed E-state index contributed by atoms with van der Waals surface area (Å²) in [5.41, 5.74) is 1.23. The van der Waals surface area contributed by atoms with Gasteiger partial charge >= 0.3 is 5.97 Å². The SMILES string of the molecule is CCCCCCC1CC(Cc2ccccc2)C(=O)O1. The zero-order valence-corrected chi connectivity index (χ0v) is 11.8. The molecule has 1 aliphatic heterocycles. The van der Waals surface area contributed by atoms with Crippen LogP contribution in [0.5, 0.6) is 0 Å². The van der Waals surface area contributed by atoms with E-state index in [0.29, 0.717) is 0 Å². The number of benzene rings is 1. The standard InChI is InChI=1S/C17H24O2/c1-2-3-4-8-11-16-13-15(17(18)19-16)12-14-9-6-5-7-10-14/h5-7,9-10,15-16H,2-4,8,11-13H2,1H3. The minimum absolute atomic E-state index is 0.00402. The number of ether oxygens (including phenoxy) is 1. The lowest BCUT2D eigenvalue weighted by Gasteiger charge is -2.08. The van der Waals surface area contributed by atoms with Crippen LogP contribution in [0.15, 0.2) is 30.3 Å². The summed E-state index contributed by atoms with van der Waals surface area (Å²) in [7, 11) is 0. The Kier molecular flexibility index (Phi) is 5.44. The predicted molar refractivity (Wildman–Crippen MR) is 76.9 cm³/mol. The zero-order chi connectivity index (χ0) is 13.5. The summed E-state index contributed by atoms with van der Waals surface area (Å²) >= 11 is 0. The number of unbranched alkanes of at least 4 members (excludes halogenated alkanes) is 3. The van der Waals surface area contributed by atoms with Crippen LogP contribution in [-0.4, -0.2) is 12.1 Å². The number of carbonyl (C=O) groups is 1. The molecule has 1 saturated heterocycles. The zero-order valence-electron chi connectivity index (χ0n) is 11.8. The first-order chi connectivity index (χ1) is 9.29. The molecule has 2 rings (SSSR count). The molecule has 2 atom stereocenters. The molecule has 1 aromatic rings. The van der Waals surface area contributed by atoms with Crippen molar-refractivity contribution in [1.29, 1.82) is 0 Å². The summed E-state index contributed by atoms with van der Waals surface area (Å²) < 4.78 is 5.49. The van der Waals surface area contributed by atoms with Crippen LogP contribution in [0.2, 0.25) is 0 Å². The molecular weight excluding hydrogens is 236 g/mol. The van der Waals surface area contributed by atoms with Gasteiger partial charge in [-0.2, -0.15) is 0 Å². The van der Waals surface area contributed by atoms with Gasteiger partial charge in [0, 0.05) is 0 Å². The highest BCUT2D eigenvalue weighted by molar-refractivity contribution is 5.75. The summed E-state index contributed by atoms with van der Waals surface area (Å²) in [5, 5.41) is 0. The number of rotatable bonds is 7. The Bertz CT molecular complexity index is 386. The van der Waals surface area contributed by atoms with Gasteiger partial charge in [0.1, 0.15) is 6.10 Å². The van der Waals surface area contributed by atoms with Gasteiger partial charge in [0.25, 0.3) is 0 Å². The highest BCUT2D eigenvalue weighted by atomic mass is 16.5. The minimum Gasteiger partial charge on any atom is -0.462 e. The van der Waals surface area contributed by atoms with E-state index in [1.807, 2.05) is 18.2 Å². The lowest BCUT2D eigenvalue weighted by atomic mass is 9.94. The highest BCUT2D eigenvalue weighted by Crippen LogP contribution is 2.27. The predicted octanol–water partition coefficient (Wildman–Crippen LogP) is 4.13. The fraction of sp³-hybridized carbons (Fsp3) is 0.588. The van der Waals surface area contributed by atoms with Crippen LogP contribution in [-0.2, 0) is 16.0 Å². The summed E-state index contributed by atoms with van der Waals surface area (Å²) in [6.07, 6.45) is 7.91. The maximum absolute atomic E-state index is 11.9. The lowest BCUT2D eigenvalue weighted by Crippen LogP contribution is -2.10. The van der Waals surface area contributed by atoms with E-state index >= 15 is 0 Å². The maximum atomic E-state index is 11.9. The van der Waals surface area contributed by atoms with Crippen molar-refractivity contribution in [3.05, 3.63) is 35.9 Å². The summed E-state index contributed by atoms with van der Waals surface area (Å²) in [4.78, 5) is 11.9. The van der Waals surface area contributed by atoms with E-state index in [1.165, 1.54) is 31.2 Å². The molecule has 19 heavy (non-hydrogen) atoms. The van der Waals surface area contributed by atoms with Crippen LogP contribution >= 0.6 is 0 Å². The molecule has 104 valence electrons. The van der Waals surface area contributed by atoms with Crippen LogP contribution in [0.3, 0.4) is 0 Å². The van der Waals surface area contributed by atoms with E-state index in [4.69, 9.17) is 4.74 Å². The Morgan fingerprint density at radius 1 is 1.16 bits per heavy atom. The Morgan fingerprint density at radius 2 is 1.95 bits per heavy atom. The molecule has 0 radical (unpaired) electrons. The van der Waals surface area contributed by atoms with Crippen molar-refractivity contribution in [1.82, 2.24) is 0 Å². The normalized spacial score (nSPS) is 22.5. The lowest BCUT2D eigenvalue weighted by molar-refractivity contribution is -0.144. The molecule has 1 aromatic carbocycles. The van der Waals surface area contributed by atoms with Crippen molar-refractivity contribution in [2.24, 2.45) is 5.92 Å². The fourth-order valence-corrected chi connectivity index (χ4v) is 2.76. The van der Waals surface area contributed by atoms with Gasteiger partial charge in [0.2, 0.25) is 0 Å². The maximum Gasteiger partial charge on any atom is 0.309 e. The average Bonchev–Trinajstić information content (AvgIpc) is 2.77. The molecule has 0 spiro atoms. The number of carbonyl (C=O) groups excluding carboxylic acids is 1. The Labute approximate surface area is 116 Å². The quantitative estimate of drug-likeness (QED) is 0.544. The van der Waals surface area contributed by atoms with E-state index in [-0.39, 0.29) is 18.0 Å². The molecule has 1 fully saturated rings. The Hall–Kier alpha value is -1.31. The van der Waals surface area contributed by atoms with Gasteiger partial charge < -0.3 is 4.74 Å². The van der Waals surface area contributed by atoms with Gasteiger partial charge in [-0.25, -0.2) is 0 Å². The van der Waals surface area contributed by atoms with Gasteiger partial charge in [-0.05, 0) is 31.2 Å². The minimum atomic E-state index is 0.00402. The van der Waals surface area contributed by atoms with Gasteiger partial charge in [0.05, 0.1) is 5.92 Å². The third kappa shape index (κ3) is 4.38. The summed E-state index contributed by atoms with van der Waals surface area (Å²) in [6.45, 7) is 2.21. The van der Waals surface area contributed by atoms with Gasteiger partial charge in [-0.15, -0.1) is 0 Å². The van der Waals surface area contributed by atoms with E-state index in [9.17, 15) is 4.79 Å². The molecule has 0 saturated carbocycles. The Balaban J connectivity index is 1.76. The smallest absolute Gasteiger partial charge is 0.309 e. The van der Waals surface area contributed by atoms with Crippen LogP contribution in [0.25, 0.3) is 0 Å². The third-order valence-corrected chi connectivity index (χ3v) is 3.87. The first-order valence-electron chi connectivity index (χ1n) is 7.54. The van der Waals surface area contributed by atoms with Crippen LogP contribution in [0.1, 0.15) is 51.0 Å². The molecule has 0 bridgehead atoms. The van der Waals surface area contributed by atoms with E-state index in [2.05, 4.69) is 19.1 Å². The van der Waals surface area contributed by atoms with E-state index in [0.717, 1.165) is 19.3 Å². The molecule has 0 amide bonds. The van der Waals surface area contributed by atoms with Gasteiger partial charge in [0.15, 0.2) is 0 Å². The number of hydrogen-bond acceptors (Lipinski definition) is 2. The third-order valence-electron chi connectivity index (χ3n) is 3.87. The van der Waals surface area contributed by atoms with Crippen molar-refractivity contribution < 1.29 is 9.53 Å². The van der Waals surface area contributed by atoms with E-state index < -0.39 is 0 Å². The Morgan fingerprint density at radius 3 is 2.68 bits per heavy atom. The molecule has 2 heteroatoms. The molecule has 2 unspecified atom stereocenters. The molecule has 0 aliphatic carbocycles. The number of hydrogen-bond donors (Lipinski definition) is 0. The van der Waals surface area contributed by atoms with Crippen molar-refractivity contribution in [3.8, 4) is 0 Å². The van der Waals surface area contributed by atoms with Gasteiger partial charge in [-0.1, -0.05) is 56.5 Å². The summed E-state index contributed by atoms with van der Waals surface area (Å²) in [6, 6.07) is 10.2. The van der Waals surface area contributed by atoms with Crippen molar-refractivity contribution in [3.63, 3.8) is 0 Å². The number of esters is 1. The first-order valence-corrected chi connectivity index (χ1v) is 7.54.